The lowest BCUT2D eigenvalue weighted by Crippen LogP contribution is -2.54. The molecule has 0 aliphatic heterocycles. The van der Waals surface area contributed by atoms with Crippen molar-refractivity contribution in [3.8, 4) is 5.75 Å². The lowest BCUT2D eigenvalue weighted by Gasteiger charge is -2.34. The van der Waals surface area contributed by atoms with Crippen LogP contribution in [0.5, 0.6) is 5.75 Å². The van der Waals surface area contributed by atoms with Gasteiger partial charge < -0.3 is 15.0 Å². The Bertz CT molecular complexity index is 1710. The Kier molecular flexibility index (Phi) is 11.5. The van der Waals surface area contributed by atoms with Crippen molar-refractivity contribution in [2.75, 3.05) is 17.5 Å². The van der Waals surface area contributed by atoms with Crippen LogP contribution in [0.25, 0.3) is 0 Å². The highest BCUT2D eigenvalue weighted by molar-refractivity contribution is 7.92. The molecule has 0 aromatic heterocycles. The van der Waals surface area contributed by atoms with Crippen LogP contribution in [0.3, 0.4) is 0 Å². The molecule has 0 bridgehead atoms. The first-order valence-electron chi connectivity index (χ1n) is 15.2. The molecule has 46 heavy (non-hydrogen) atoms. The molecular weight excluding hydrogens is 605 g/mol. The Morgan fingerprint density at radius 2 is 1.50 bits per heavy atom. The zero-order valence-electron chi connectivity index (χ0n) is 26.5. The summed E-state index contributed by atoms with van der Waals surface area (Å²) < 4.78 is 48.5. The van der Waals surface area contributed by atoms with Gasteiger partial charge in [0.05, 0.1) is 17.2 Å². The number of aryl methyl sites for hydroxylation is 1. The molecule has 0 saturated heterocycles. The van der Waals surface area contributed by atoms with E-state index in [-0.39, 0.29) is 35.5 Å². The van der Waals surface area contributed by atoms with Crippen molar-refractivity contribution < 1.29 is 27.1 Å². The fourth-order valence-corrected chi connectivity index (χ4v) is 6.46. The molecule has 8 nitrogen and oxygen atoms in total. The zero-order chi connectivity index (χ0) is 33.3. The predicted octanol–water partition coefficient (Wildman–Crippen LogP) is 5.89. The number of halogens is 1. The second-order valence-corrected chi connectivity index (χ2v) is 13.1. The van der Waals surface area contributed by atoms with Crippen LogP contribution in [0.4, 0.5) is 10.1 Å². The average Bonchev–Trinajstić information content (AvgIpc) is 3.03. The van der Waals surface area contributed by atoms with E-state index in [0.29, 0.717) is 12.4 Å². The van der Waals surface area contributed by atoms with Gasteiger partial charge in [-0.15, -0.1) is 0 Å². The van der Waals surface area contributed by atoms with Crippen LogP contribution in [-0.2, 0) is 32.6 Å². The molecule has 0 radical (unpaired) electrons. The van der Waals surface area contributed by atoms with Crippen LogP contribution in [0.2, 0.25) is 0 Å². The van der Waals surface area contributed by atoms with Crippen LogP contribution < -0.4 is 14.4 Å². The van der Waals surface area contributed by atoms with Crippen molar-refractivity contribution in [3.05, 3.63) is 126 Å². The summed E-state index contributed by atoms with van der Waals surface area (Å²) in [6.45, 7) is 7.32. The summed E-state index contributed by atoms with van der Waals surface area (Å²) in [6, 6.07) is 26.6. The van der Waals surface area contributed by atoms with Gasteiger partial charge in [0.2, 0.25) is 11.8 Å². The van der Waals surface area contributed by atoms with Crippen LogP contribution in [-0.4, -0.2) is 50.4 Å². The van der Waals surface area contributed by atoms with Crippen molar-refractivity contribution >= 4 is 27.5 Å². The van der Waals surface area contributed by atoms with Gasteiger partial charge >= 0.3 is 0 Å². The predicted molar refractivity (Wildman–Crippen MR) is 177 cm³/mol. The summed E-state index contributed by atoms with van der Waals surface area (Å²) in [5.74, 6) is -0.990. The van der Waals surface area contributed by atoms with Gasteiger partial charge in [-0.1, -0.05) is 54.6 Å². The third-order valence-electron chi connectivity index (χ3n) is 7.42. The maximum absolute atomic E-state index is 14.5. The Morgan fingerprint density at radius 1 is 0.870 bits per heavy atom. The molecule has 0 spiro atoms. The monoisotopic (exact) mass is 645 g/mol. The first kappa shape index (κ1) is 34.2. The molecule has 4 aromatic carbocycles. The van der Waals surface area contributed by atoms with Crippen LogP contribution in [0, 0.1) is 12.7 Å². The van der Waals surface area contributed by atoms with Crippen molar-refractivity contribution in [1.82, 2.24) is 10.2 Å². The van der Waals surface area contributed by atoms with Crippen molar-refractivity contribution in [1.29, 1.82) is 0 Å². The van der Waals surface area contributed by atoms with Gasteiger partial charge in [0.15, 0.2) is 0 Å². The number of hydrogen-bond donors (Lipinski definition) is 1. The number of nitrogens with one attached hydrogen (secondary N) is 1. The molecule has 4 rings (SSSR count). The summed E-state index contributed by atoms with van der Waals surface area (Å²) in [5.41, 5.74) is 2.80. The number of sulfonamides is 1. The van der Waals surface area contributed by atoms with Gasteiger partial charge in [0, 0.05) is 19.0 Å². The quantitative estimate of drug-likeness (QED) is 0.185. The maximum atomic E-state index is 14.5. The van der Waals surface area contributed by atoms with E-state index in [1.807, 2.05) is 82.3 Å². The van der Waals surface area contributed by atoms with Crippen molar-refractivity contribution in [2.24, 2.45) is 0 Å². The summed E-state index contributed by atoms with van der Waals surface area (Å²) in [6.07, 6.45) is 0.213. The van der Waals surface area contributed by atoms with Gasteiger partial charge in [-0.05, 0) is 92.9 Å². The Balaban J connectivity index is 1.81. The van der Waals surface area contributed by atoms with E-state index in [0.717, 1.165) is 45.3 Å². The minimum absolute atomic E-state index is 0.0717. The molecule has 0 heterocycles. The summed E-state index contributed by atoms with van der Waals surface area (Å²) >= 11 is 0. The summed E-state index contributed by atoms with van der Waals surface area (Å²) in [5, 5.41) is 2.95. The molecule has 0 aliphatic rings. The van der Waals surface area contributed by atoms with Crippen molar-refractivity contribution in [3.63, 3.8) is 0 Å². The molecule has 1 N–H and O–H groups in total. The van der Waals surface area contributed by atoms with Gasteiger partial charge in [0.1, 0.15) is 24.2 Å². The second kappa shape index (κ2) is 15.5. The molecule has 0 saturated carbocycles. The van der Waals surface area contributed by atoms with E-state index < -0.39 is 34.3 Å². The van der Waals surface area contributed by atoms with E-state index >= 15 is 0 Å². The smallest absolute Gasteiger partial charge is 0.264 e. The Morgan fingerprint density at radius 3 is 2.11 bits per heavy atom. The number of anilines is 1. The van der Waals surface area contributed by atoms with E-state index in [9.17, 15) is 22.4 Å². The fourth-order valence-electron chi connectivity index (χ4n) is 5.04. The molecule has 2 amide bonds. The highest BCUT2D eigenvalue weighted by Crippen LogP contribution is 2.27. The number of nitrogens with zero attached hydrogens (tertiary/aromatic N) is 2. The van der Waals surface area contributed by atoms with Gasteiger partial charge in [-0.25, -0.2) is 12.8 Å². The molecule has 10 heteroatoms. The zero-order valence-corrected chi connectivity index (χ0v) is 27.3. The first-order chi connectivity index (χ1) is 22.0. The van der Waals surface area contributed by atoms with Gasteiger partial charge in [-0.2, -0.15) is 0 Å². The third-order valence-corrected chi connectivity index (χ3v) is 9.21. The van der Waals surface area contributed by atoms with E-state index in [1.165, 1.54) is 4.90 Å². The number of hydrogen-bond acceptors (Lipinski definition) is 5. The second-order valence-electron chi connectivity index (χ2n) is 11.2. The highest BCUT2D eigenvalue weighted by Gasteiger charge is 2.35. The molecule has 1 atom stereocenters. The number of ether oxygens (including phenoxy) is 1. The molecular formula is C36H40FN3O5S. The molecule has 0 fully saturated rings. The molecule has 242 valence electrons. The SMILES string of the molecule is CCOc1ccc(N(CC(=O)N(Cc2ccccc2C)C(Cc2ccccc2)C(=O)NC(C)C)S(=O)(=O)c2ccc(F)cc2)cc1. The number of benzene rings is 4. The number of amides is 2. The largest absolute Gasteiger partial charge is 0.494 e. The Labute approximate surface area is 270 Å². The normalized spacial score (nSPS) is 12.0. The molecule has 4 aromatic rings. The van der Waals surface area contributed by atoms with E-state index in [1.54, 1.807) is 24.3 Å². The van der Waals surface area contributed by atoms with Crippen LogP contribution in [0.15, 0.2) is 108 Å². The molecule has 0 aliphatic carbocycles. The van der Waals surface area contributed by atoms with E-state index in [4.69, 9.17) is 4.74 Å². The maximum Gasteiger partial charge on any atom is 0.264 e. The number of carbonyl (C=O) groups is 2. The van der Waals surface area contributed by atoms with Crippen LogP contribution >= 0.6 is 0 Å². The standard InChI is InChI=1S/C36H40FN3O5S/c1-5-45-32-19-17-31(18-20-32)40(46(43,44)33-21-15-30(37)16-22-33)25-35(41)39(24-29-14-10-9-11-27(29)4)34(36(42)38-26(2)3)23-28-12-7-6-8-13-28/h6-22,26,34H,5,23-25H2,1-4H3,(H,38,42). The lowest BCUT2D eigenvalue weighted by atomic mass is 10.0. The Hall–Kier alpha value is -4.70. The lowest BCUT2D eigenvalue weighted by molar-refractivity contribution is -0.140. The van der Waals surface area contributed by atoms with Crippen molar-refractivity contribution in [2.45, 2.75) is 57.6 Å². The third kappa shape index (κ3) is 8.72. The molecule has 1 unspecified atom stereocenters. The number of rotatable bonds is 14. The highest BCUT2D eigenvalue weighted by atomic mass is 32.2. The van der Waals surface area contributed by atoms with Gasteiger partial charge in [-0.3, -0.25) is 13.9 Å². The summed E-state index contributed by atoms with van der Waals surface area (Å²) in [7, 11) is -4.35. The topological polar surface area (TPSA) is 96.0 Å². The number of carbonyl (C=O) groups excluding carboxylic acids is 2. The minimum Gasteiger partial charge on any atom is -0.494 e. The van der Waals surface area contributed by atoms with Crippen LogP contribution in [0.1, 0.15) is 37.5 Å². The first-order valence-corrected chi connectivity index (χ1v) is 16.6. The van der Waals surface area contributed by atoms with Gasteiger partial charge in [0.25, 0.3) is 10.0 Å². The fraction of sp³-hybridized carbons (Fsp3) is 0.278. The van der Waals surface area contributed by atoms with E-state index in [2.05, 4.69) is 5.32 Å². The minimum atomic E-state index is -4.35. The average molecular weight is 646 g/mol. The summed E-state index contributed by atoms with van der Waals surface area (Å²) in [4.78, 5) is 29.6.